The Morgan fingerprint density at radius 3 is 2.40 bits per heavy atom. The van der Waals surface area contributed by atoms with Gasteiger partial charge in [0.05, 0.1) is 25.0 Å². The summed E-state index contributed by atoms with van der Waals surface area (Å²) < 4.78 is 34.0. The molecular weight excluding hydrogens is 400 g/mol. The van der Waals surface area contributed by atoms with Crippen LogP contribution in [0.1, 0.15) is 55.7 Å². The first-order valence-electron chi connectivity index (χ1n) is 10.6. The van der Waals surface area contributed by atoms with Gasteiger partial charge in [-0.25, -0.2) is 13.1 Å². The summed E-state index contributed by atoms with van der Waals surface area (Å²) in [5, 5.41) is 0. The average molecular weight is 433 g/mol. The van der Waals surface area contributed by atoms with E-state index in [1.807, 2.05) is 12.1 Å². The third-order valence-electron chi connectivity index (χ3n) is 5.95. The summed E-state index contributed by atoms with van der Waals surface area (Å²) in [5.74, 6) is 0.562. The van der Waals surface area contributed by atoms with Gasteiger partial charge in [-0.2, -0.15) is 0 Å². The Hall–Kier alpha value is -1.96. The van der Waals surface area contributed by atoms with Crippen LogP contribution in [0, 0.1) is 6.92 Å². The van der Waals surface area contributed by atoms with Crippen molar-refractivity contribution in [3.63, 3.8) is 0 Å². The molecule has 0 amide bonds. The van der Waals surface area contributed by atoms with Gasteiger partial charge >= 0.3 is 0 Å². The van der Waals surface area contributed by atoms with Crippen molar-refractivity contribution >= 4 is 10.0 Å². The molecule has 164 valence electrons. The minimum Gasteiger partial charge on any atom is -0.376 e. The molecule has 1 heterocycles. The molecule has 0 radical (unpaired) electrons. The highest BCUT2D eigenvalue weighted by Crippen LogP contribution is 2.34. The highest BCUT2D eigenvalue weighted by atomic mass is 32.2. The van der Waals surface area contributed by atoms with E-state index in [-0.39, 0.29) is 18.3 Å². The summed E-state index contributed by atoms with van der Waals surface area (Å²) >= 11 is 0. The van der Waals surface area contributed by atoms with E-state index < -0.39 is 22.1 Å². The lowest BCUT2D eigenvalue weighted by atomic mass is 9.83. The fourth-order valence-corrected chi connectivity index (χ4v) is 5.12. The van der Waals surface area contributed by atoms with Crippen LogP contribution >= 0.6 is 0 Å². The van der Waals surface area contributed by atoms with Crippen LogP contribution in [-0.2, 0) is 14.8 Å². The molecule has 1 aliphatic carbocycles. The lowest BCUT2D eigenvalue weighted by Crippen LogP contribution is -2.44. The minimum absolute atomic E-state index is 0.124. The molecule has 7 heteroatoms. The van der Waals surface area contributed by atoms with Crippen LogP contribution in [0.2, 0.25) is 0 Å². The van der Waals surface area contributed by atoms with E-state index in [0.29, 0.717) is 11.5 Å². The van der Waals surface area contributed by atoms with Gasteiger partial charge in [-0.05, 0) is 57.1 Å². The van der Waals surface area contributed by atoms with Gasteiger partial charge in [0.2, 0.25) is 10.0 Å². The van der Waals surface area contributed by atoms with Gasteiger partial charge < -0.3 is 9.30 Å². The van der Waals surface area contributed by atoms with Crippen LogP contribution in [0.25, 0.3) is 0 Å². The molecule has 2 aromatic rings. The standard InChI is InChI=1S/C23H32N2O4S/c1-17-8-7-15-25(23(17)26)22(18(2)24-30(3,27)28)16-29-21-13-11-20(12-14-21)19-9-5-4-6-10-19/h4-10,15,18,20-22,24H,11-14,16H2,1-3H3/t18-,20-,21+,22+/m0/s1. The number of pyridine rings is 1. The lowest BCUT2D eigenvalue weighted by Gasteiger charge is -2.32. The van der Waals surface area contributed by atoms with Crippen LogP contribution in [0.3, 0.4) is 0 Å². The van der Waals surface area contributed by atoms with E-state index in [1.54, 1.807) is 30.7 Å². The summed E-state index contributed by atoms with van der Waals surface area (Å²) in [5.41, 5.74) is 1.88. The van der Waals surface area contributed by atoms with E-state index in [1.165, 1.54) is 5.56 Å². The molecule has 0 spiro atoms. The smallest absolute Gasteiger partial charge is 0.253 e. The highest BCUT2D eigenvalue weighted by molar-refractivity contribution is 7.88. The summed E-state index contributed by atoms with van der Waals surface area (Å²) in [6.45, 7) is 3.82. The van der Waals surface area contributed by atoms with Gasteiger partial charge in [-0.3, -0.25) is 4.79 Å². The molecule has 2 atom stereocenters. The van der Waals surface area contributed by atoms with Crippen molar-refractivity contribution in [2.75, 3.05) is 12.9 Å². The van der Waals surface area contributed by atoms with Gasteiger partial charge in [0.15, 0.2) is 0 Å². The van der Waals surface area contributed by atoms with Gasteiger partial charge in [-0.15, -0.1) is 0 Å². The Morgan fingerprint density at radius 2 is 1.77 bits per heavy atom. The molecule has 1 aromatic heterocycles. The van der Waals surface area contributed by atoms with E-state index in [0.717, 1.165) is 31.9 Å². The fourth-order valence-electron chi connectivity index (χ4n) is 4.29. The molecule has 1 aromatic carbocycles. The van der Waals surface area contributed by atoms with Crippen molar-refractivity contribution in [3.05, 3.63) is 70.1 Å². The van der Waals surface area contributed by atoms with E-state index >= 15 is 0 Å². The molecule has 1 N–H and O–H groups in total. The molecule has 1 aliphatic rings. The summed E-state index contributed by atoms with van der Waals surface area (Å²) in [6, 6.07) is 13.3. The molecule has 0 unspecified atom stereocenters. The number of hydrogen-bond acceptors (Lipinski definition) is 4. The molecule has 3 rings (SSSR count). The molecule has 1 fully saturated rings. The van der Waals surface area contributed by atoms with Crippen LogP contribution in [0.4, 0.5) is 0 Å². The predicted molar refractivity (Wildman–Crippen MR) is 119 cm³/mol. The number of nitrogens with one attached hydrogen (secondary N) is 1. The number of aromatic nitrogens is 1. The van der Waals surface area contributed by atoms with E-state index in [4.69, 9.17) is 4.74 Å². The normalized spacial score (nSPS) is 21.8. The third-order valence-corrected chi connectivity index (χ3v) is 6.75. The van der Waals surface area contributed by atoms with Crippen LogP contribution in [0.15, 0.2) is 53.5 Å². The van der Waals surface area contributed by atoms with Crippen LogP contribution in [0.5, 0.6) is 0 Å². The third kappa shape index (κ3) is 6.03. The zero-order valence-corrected chi connectivity index (χ0v) is 18.8. The number of ether oxygens (including phenoxy) is 1. The zero-order chi connectivity index (χ0) is 21.7. The maximum atomic E-state index is 12.7. The van der Waals surface area contributed by atoms with Gasteiger partial charge in [0.25, 0.3) is 5.56 Å². The zero-order valence-electron chi connectivity index (χ0n) is 18.0. The van der Waals surface area contributed by atoms with Gasteiger partial charge in [0, 0.05) is 17.8 Å². The molecule has 0 saturated heterocycles. The molecule has 6 nitrogen and oxygen atoms in total. The minimum atomic E-state index is -3.40. The Morgan fingerprint density at radius 1 is 1.10 bits per heavy atom. The van der Waals surface area contributed by atoms with E-state index in [9.17, 15) is 13.2 Å². The maximum absolute atomic E-state index is 12.7. The SMILES string of the molecule is Cc1cccn([C@H](CO[C@H]2CC[C@@H](c3ccccc3)CC2)[C@H](C)NS(C)(=O)=O)c1=O. The number of rotatable bonds is 8. The Labute approximate surface area is 179 Å². The van der Waals surface area contributed by atoms with E-state index in [2.05, 4.69) is 29.0 Å². The monoisotopic (exact) mass is 432 g/mol. The highest BCUT2D eigenvalue weighted by Gasteiger charge is 2.27. The van der Waals surface area contributed by atoms with Crippen molar-refractivity contribution in [2.24, 2.45) is 0 Å². The van der Waals surface area contributed by atoms with Gasteiger partial charge in [0.1, 0.15) is 0 Å². The first kappa shape index (κ1) is 22.7. The number of aryl methyl sites for hydroxylation is 1. The first-order chi connectivity index (χ1) is 14.2. The summed E-state index contributed by atoms with van der Waals surface area (Å²) in [6.07, 6.45) is 7.02. The number of hydrogen-bond donors (Lipinski definition) is 1. The molecule has 0 aliphatic heterocycles. The molecular formula is C23H32N2O4S. The summed E-state index contributed by atoms with van der Waals surface area (Å²) in [7, 11) is -3.40. The topological polar surface area (TPSA) is 77.4 Å². The van der Waals surface area contributed by atoms with Gasteiger partial charge in [-0.1, -0.05) is 36.4 Å². The second-order valence-corrected chi connectivity index (χ2v) is 10.1. The van der Waals surface area contributed by atoms with Crippen molar-refractivity contribution in [2.45, 2.75) is 63.6 Å². The van der Waals surface area contributed by atoms with Crippen molar-refractivity contribution in [3.8, 4) is 0 Å². The first-order valence-corrected chi connectivity index (χ1v) is 12.5. The predicted octanol–water partition coefficient (Wildman–Crippen LogP) is 3.38. The molecule has 1 saturated carbocycles. The van der Waals surface area contributed by atoms with Crippen molar-refractivity contribution < 1.29 is 13.2 Å². The number of sulfonamides is 1. The Bertz CT molecular complexity index is 980. The second-order valence-electron chi connectivity index (χ2n) is 8.37. The average Bonchev–Trinajstić information content (AvgIpc) is 2.71. The van der Waals surface area contributed by atoms with Crippen LogP contribution in [-0.4, -0.2) is 38.0 Å². The molecule has 0 bridgehead atoms. The Balaban J connectivity index is 1.67. The van der Waals surface area contributed by atoms with Crippen molar-refractivity contribution in [1.29, 1.82) is 0 Å². The Kier molecular flexibility index (Phi) is 7.50. The fraction of sp³-hybridized carbons (Fsp3) is 0.522. The van der Waals surface area contributed by atoms with Crippen molar-refractivity contribution in [1.82, 2.24) is 9.29 Å². The number of benzene rings is 1. The van der Waals surface area contributed by atoms with Crippen LogP contribution < -0.4 is 10.3 Å². The largest absolute Gasteiger partial charge is 0.376 e. The quantitative estimate of drug-likeness (QED) is 0.694. The summed E-state index contributed by atoms with van der Waals surface area (Å²) in [4.78, 5) is 12.7. The lowest BCUT2D eigenvalue weighted by molar-refractivity contribution is 0.00239. The second kappa shape index (κ2) is 9.90. The molecule has 30 heavy (non-hydrogen) atoms. The number of nitrogens with zero attached hydrogens (tertiary/aromatic N) is 1. The maximum Gasteiger partial charge on any atom is 0.253 e.